The van der Waals surface area contributed by atoms with Crippen LogP contribution in [0.2, 0.25) is 0 Å². The molecule has 82 valence electrons. The van der Waals surface area contributed by atoms with Gasteiger partial charge in [-0.25, -0.2) is 4.98 Å². The van der Waals surface area contributed by atoms with Crippen molar-refractivity contribution in [2.45, 2.75) is 0 Å². The predicted octanol–water partition coefficient (Wildman–Crippen LogP) is 0.107. The number of rotatable bonds is 2. The molecule has 7 heteroatoms. The van der Waals surface area contributed by atoms with Gasteiger partial charge in [0.15, 0.2) is 5.82 Å². The highest BCUT2D eigenvalue weighted by Crippen LogP contribution is 2.24. The molecule has 0 aliphatic heterocycles. The SMILES string of the molecule is COc1ncccc1-c1nc(N)nc(N)n1. The summed E-state index contributed by atoms with van der Waals surface area (Å²) < 4.78 is 5.09. The second-order valence-electron chi connectivity index (χ2n) is 2.94. The molecule has 0 aliphatic rings. The average Bonchev–Trinajstić information content (AvgIpc) is 2.27. The fourth-order valence-corrected chi connectivity index (χ4v) is 1.25. The standard InChI is InChI=1S/C9H10N6O/c1-16-7-5(3-2-4-12-7)6-13-8(10)15-9(11)14-6/h2-4H,1H3,(H4,10,11,13,14,15). The molecule has 16 heavy (non-hydrogen) atoms. The molecule has 2 aromatic rings. The number of nitrogen functional groups attached to an aromatic ring is 2. The van der Waals surface area contributed by atoms with Crippen LogP contribution < -0.4 is 16.2 Å². The van der Waals surface area contributed by atoms with Crippen LogP contribution in [0.25, 0.3) is 11.4 Å². The van der Waals surface area contributed by atoms with Gasteiger partial charge in [0.05, 0.1) is 12.7 Å². The van der Waals surface area contributed by atoms with E-state index in [0.29, 0.717) is 17.3 Å². The molecule has 0 aliphatic carbocycles. The van der Waals surface area contributed by atoms with Gasteiger partial charge in [0.25, 0.3) is 0 Å². The van der Waals surface area contributed by atoms with Crippen molar-refractivity contribution in [3.8, 4) is 17.3 Å². The second-order valence-corrected chi connectivity index (χ2v) is 2.94. The minimum atomic E-state index is 0.0633. The van der Waals surface area contributed by atoms with Crippen LogP contribution in [0.1, 0.15) is 0 Å². The minimum Gasteiger partial charge on any atom is -0.480 e. The van der Waals surface area contributed by atoms with Gasteiger partial charge in [0.2, 0.25) is 17.8 Å². The van der Waals surface area contributed by atoms with E-state index in [-0.39, 0.29) is 11.9 Å². The molecule has 0 saturated carbocycles. The Kier molecular flexibility index (Phi) is 2.50. The quantitative estimate of drug-likeness (QED) is 0.735. The highest BCUT2D eigenvalue weighted by molar-refractivity contribution is 5.62. The zero-order valence-electron chi connectivity index (χ0n) is 8.58. The first-order valence-corrected chi connectivity index (χ1v) is 4.47. The normalized spacial score (nSPS) is 10.1. The monoisotopic (exact) mass is 218 g/mol. The number of methoxy groups -OCH3 is 1. The van der Waals surface area contributed by atoms with E-state index >= 15 is 0 Å². The molecule has 2 heterocycles. The molecule has 0 fully saturated rings. The number of pyridine rings is 1. The molecule has 2 aromatic heterocycles. The third kappa shape index (κ3) is 1.83. The summed E-state index contributed by atoms with van der Waals surface area (Å²) in [5.41, 5.74) is 11.6. The van der Waals surface area contributed by atoms with Crippen LogP contribution in [-0.4, -0.2) is 27.0 Å². The van der Waals surface area contributed by atoms with Gasteiger partial charge in [-0.05, 0) is 12.1 Å². The van der Waals surface area contributed by atoms with Crippen LogP contribution >= 0.6 is 0 Å². The Balaban J connectivity index is 2.58. The topological polar surface area (TPSA) is 113 Å². The molecule has 4 N–H and O–H groups in total. The summed E-state index contributed by atoms with van der Waals surface area (Å²) in [5.74, 6) is 0.879. The number of aromatic nitrogens is 4. The van der Waals surface area contributed by atoms with Gasteiger partial charge in [-0.2, -0.15) is 15.0 Å². The molecule has 7 nitrogen and oxygen atoms in total. The average molecular weight is 218 g/mol. The van der Waals surface area contributed by atoms with Gasteiger partial charge < -0.3 is 16.2 Å². The Morgan fingerprint density at radius 2 is 1.81 bits per heavy atom. The zero-order chi connectivity index (χ0) is 11.5. The van der Waals surface area contributed by atoms with E-state index in [2.05, 4.69) is 19.9 Å². The van der Waals surface area contributed by atoms with Crippen LogP contribution in [0.5, 0.6) is 5.88 Å². The van der Waals surface area contributed by atoms with Crippen molar-refractivity contribution in [1.82, 2.24) is 19.9 Å². The molecule has 2 rings (SSSR count). The van der Waals surface area contributed by atoms with E-state index in [4.69, 9.17) is 16.2 Å². The lowest BCUT2D eigenvalue weighted by Crippen LogP contribution is -2.05. The Bertz CT molecular complexity index is 495. The lowest BCUT2D eigenvalue weighted by atomic mass is 10.2. The molecule has 0 spiro atoms. The van der Waals surface area contributed by atoms with Gasteiger partial charge in [0, 0.05) is 6.20 Å². The van der Waals surface area contributed by atoms with Crippen molar-refractivity contribution in [2.24, 2.45) is 0 Å². The van der Waals surface area contributed by atoms with E-state index in [0.717, 1.165) is 0 Å². The van der Waals surface area contributed by atoms with Gasteiger partial charge in [-0.3, -0.25) is 0 Å². The van der Waals surface area contributed by atoms with E-state index in [1.54, 1.807) is 18.3 Å². The molecule has 0 atom stereocenters. The van der Waals surface area contributed by atoms with Crippen LogP contribution in [0.3, 0.4) is 0 Å². The van der Waals surface area contributed by atoms with Gasteiger partial charge in [-0.1, -0.05) is 0 Å². The Morgan fingerprint density at radius 3 is 2.44 bits per heavy atom. The lowest BCUT2D eigenvalue weighted by Gasteiger charge is -2.05. The van der Waals surface area contributed by atoms with E-state index in [1.807, 2.05) is 0 Å². The molecule has 0 amide bonds. The van der Waals surface area contributed by atoms with Crippen molar-refractivity contribution in [2.75, 3.05) is 18.6 Å². The van der Waals surface area contributed by atoms with Crippen molar-refractivity contribution in [3.63, 3.8) is 0 Å². The Hall–Kier alpha value is -2.44. The third-order valence-corrected chi connectivity index (χ3v) is 1.88. The third-order valence-electron chi connectivity index (χ3n) is 1.88. The van der Waals surface area contributed by atoms with E-state index < -0.39 is 0 Å². The summed E-state index contributed by atoms with van der Waals surface area (Å²) in [6.45, 7) is 0. The predicted molar refractivity (Wildman–Crippen MR) is 58.4 cm³/mol. The van der Waals surface area contributed by atoms with Crippen LogP contribution in [0.15, 0.2) is 18.3 Å². The van der Waals surface area contributed by atoms with Crippen molar-refractivity contribution in [1.29, 1.82) is 0 Å². The maximum absolute atomic E-state index is 5.48. The van der Waals surface area contributed by atoms with Gasteiger partial charge in [-0.15, -0.1) is 0 Å². The Labute approximate surface area is 91.5 Å². The summed E-state index contributed by atoms with van der Waals surface area (Å²) in [4.78, 5) is 15.7. The molecule has 0 radical (unpaired) electrons. The summed E-state index contributed by atoms with van der Waals surface area (Å²) in [5, 5.41) is 0. The number of ether oxygens (including phenoxy) is 1. The fraction of sp³-hybridized carbons (Fsp3) is 0.111. The van der Waals surface area contributed by atoms with Crippen molar-refractivity contribution < 1.29 is 4.74 Å². The summed E-state index contributed by atoms with van der Waals surface area (Å²) >= 11 is 0. The molecule has 0 bridgehead atoms. The Morgan fingerprint density at radius 1 is 1.12 bits per heavy atom. The first-order valence-electron chi connectivity index (χ1n) is 4.47. The van der Waals surface area contributed by atoms with Crippen molar-refractivity contribution in [3.05, 3.63) is 18.3 Å². The summed E-state index contributed by atoms with van der Waals surface area (Å²) in [6.07, 6.45) is 1.61. The minimum absolute atomic E-state index is 0.0633. The fourth-order valence-electron chi connectivity index (χ4n) is 1.25. The lowest BCUT2D eigenvalue weighted by molar-refractivity contribution is 0.399. The molecule has 0 aromatic carbocycles. The number of hydrogen-bond donors (Lipinski definition) is 2. The molecular weight excluding hydrogens is 208 g/mol. The first kappa shape index (κ1) is 10.1. The van der Waals surface area contributed by atoms with E-state index in [9.17, 15) is 0 Å². The summed E-state index contributed by atoms with van der Waals surface area (Å²) in [6, 6.07) is 3.51. The highest BCUT2D eigenvalue weighted by atomic mass is 16.5. The van der Waals surface area contributed by atoms with Crippen LogP contribution in [0.4, 0.5) is 11.9 Å². The number of nitrogens with two attached hydrogens (primary N) is 2. The molecule has 0 saturated heterocycles. The van der Waals surface area contributed by atoms with Crippen molar-refractivity contribution >= 4 is 11.9 Å². The van der Waals surface area contributed by atoms with Gasteiger partial charge >= 0.3 is 0 Å². The van der Waals surface area contributed by atoms with E-state index in [1.165, 1.54) is 7.11 Å². The van der Waals surface area contributed by atoms with Gasteiger partial charge in [0.1, 0.15) is 0 Å². The van der Waals surface area contributed by atoms with Crippen LogP contribution in [0, 0.1) is 0 Å². The number of nitrogens with zero attached hydrogens (tertiary/aromatic N) is 4. The smallest absolute Gasteiger partial charge is 0.225 e. The first-order chi connectivity index (χ1) is 7.70. The maximum atomic E-state index is 5.48. The summed E-state index contributed by atoms with van der Waals surface area (Å²) in [7, 11) is 1.51. The molecule has 0 unspecified atom stereocenters. The zero-order valence-corrected chi connectivity index (χ0v) is 8.58. The largest absolute Gasteiger partial charge is 0.480 e. The second kappa shape index (κ2) is 3.97. The number of anilines is 2. The number of hydrogen-bond acceptors (Lipinski definition) is 7. The molecular formula is C9H10N6O. The van der Waals surface area contributed by atoms with Crippen LogP contribution in [-0.2, 0) is 0 Å². The highest BCUT2D eigenvalue weighted by Gasteiger charge is 2.10. The maximum Gasteiger partial charge on any atom is 0.225 e.